The lowest BCUT2D eigenvalue weighted by Gasteiger charge is -2.23. The summed E-state index contributed by atoms with van der Waals surface area (Å²) in [7, 11) is 0. The van der Waals surface area contributed by atoms with E-state index in [0.717, 1.165) is 44.5 Å². The highest BCUT2D eigenvalue weighted by Crippen LogP contribution is 2.29. The van der Waals surface area contributed by atoms with Crippen molar-refractivity contribution in [2.45, 2.75) is 45.6 Å². The molecule has 0 saturated heterocycles. The van der Waals surface area contributed by atoms with E-state index in [1.807, 2.05) is 17.9 Å². The van der Waals surface area contributed by atoms with Crippen LogP contribution >= 0.6 is 0 Å². The van der Waals surface area contributed by atoms with Crippen molar-refractivity contribution < 1.29 is 4.79 Å². The molecule has 0 atom stereocenters. The Morgan fingerprint density at radius 1 is 1.47 bits per heavy atom. The molecule has 1 aromatic rings. The zero-order valence-corrected chi connectivity index (χ0v) is 11.9. The van der Waals surface area contributed by atoms with Gasteiger partial charge in [-0.05, 0) is 32.3 Å². The smallest absolute Gasteiger partial charge is 0.257 e. The van der Waals surface area contributed by atoms with E-state index in [0.29, 0.717) is 11.6 Å². The zero-order chi connectivity index (χ0) is 13.7. The van der Waals surface area contributed by atoms with Crippen molar-refractivity contribution in [3.63, 3.8) is 0 Å². The van der Waals surface area contributed by atoms with Crippen LogP contribution in [0.4, 0.5) is 5.69 Å². The molecule has 1 N–H and O–H groups in total. The number of carbonyl (C=O) groups is 1. The number of pyridine rings is 1. The van der Waals surface area contributed by atoms with Gasteiger partial charge >= 0.3 is 0 Å². The molecule has 104 valence electrons. The van der Waals surface area contributed by atoms with Gasteiger partial charge in [-0.15, -0.1) is 0 Å². The highest BCUT2D eigenvalue weighted by Gasteiger charge is 2.33. The fourth-order valence-electron chi connectivity index (χ4n) is 2.23. The summed E-state index contributed by atoms with van der Waals surface area (Å²) >= 11 is 0. The second kappa shape index (κ2) is 6.55. The quantitative estimate of drug-likeness (QED) is 0.821. The summed E-state index contributed by atoms with van der Waals surface area (Å²) in [4.78, 5) is 18.8. The summed E-state index contributed by atoms with van der Waals surface area (Å²) in [5, 5.41) is 3.24. The molecule has 4 heteroatoms. The lowest BCUT2D eigenvalue weighted by molar-refractivity contribution is 0.0741. The zero-order valence-electron chi connectivity index (χ0n) is 11.9. The maximum atomic E-state index is 12.7. The molecule has 1 aliphatic carbocycles. The standard InChI is InChI=1S/C15H23N3O/c1-3-5-10-18(12-6-7-12)15(19)13-11-16-9-8-14(13)17-4-2/h8-9,11-12H,3-7,10H2,1-2H3,(H,16,17). The van der Waals surface area contributed by atoms with Crippen LogP contribution in [-0.2, 0) is 0 Å². The lowest BCUT2D eigenvalue weighted by Crippen LogP contribution is -2.34. The molecule has 0 unspecified atom stereocenters. The fourth-order valence-corrected chi connectivity index (χ4v) is 2.23. The van der Waals surface area contributed by atoms with Crippen LogP contribution in [0.2, 0.25) is 0 Å². The van der Waals surface area contributed by atoms with Crippen LogP contribution in [0, 0.1) is 0 Å². The Labute approximate surface area is 115 Å². The van der Waals surface area contributed by atoms with Gasteiger partial charge in [0.2, 0.25) is 0 Å². The first-order valence-corrected chi connectivity index (χ1v) is 7.26. The Morgan fingerprint density at radius 3 is 2.89 bits per heavy atom. The maximum Gasteiger partial charge on any atom is 0.257 e. The van der Waals surface area contributed by atoms with Gasteiger partial charge in [0.05, 0.1) is 11.3 Å². The van der Waals surface area contributed by atoms with Crippen LogP contribution in [0.25, 0.3) is 0 Å². The number of hydrogen-bond acceptors (Lipinski definition) is 3. The molecule has 1 aliphatic rings. The Balaban J connectivity index is 2.16. The summed E-state index contributed by atoms with van der Waals surface area (Å²) in [6, 6.07) is 2.33. The van der Waals surface area contributed by atoms with Gasteiger partial charge in [0.25, 0.3) is 5.91 Å². The summed E-state index contributed by atoms with van der Waals surface area (Å²) in [6.07, 6.45) is 7.88. The normalized spacial score (nSPS) is 14.2. The van der Waals surface area contributed by atoms with Gasteiger partial charge in [0, 0.05) is 31.5 Å². The summed E-state index contributed by atoms with van der Waals surface area (Å²) < 4.78 is 0. The van der Waals surface area contributed by atoms with Gasteiger partial charge in [-0.2, -0.15) is 0 Å². The second-order valence-electron chi connectivity index (χ2n) is 5.03. The topological polar surface area (TPSA) is 45.2 Å². The van der Waals surface area contributed by atoms with E-state index < -0.39 is 0 Å². The number of anilines is 1. The number of unbranched alkanes of at least 4 members (excludes halogenated alkanes) is 1. The van der Waals surface area contributed by atoms with Gasteiger partial charge in [0.1, 0.15) is 0 Å². The SMILES string of the molecule is CCCCN(C(=O)c1cnccc1NCC)C1CC1. The molecule has 0 bridgehead atoms. The van der Waals surface area contributed by atoms with Crippen LogP contribution in [-0.4, -0.2) is 34.9 Å². The third kappa shape index (κ3) is 3.46. The Kier molecular flexibility index (Phi) is 4.77. The van der Waals surface area contributed by atoms with Crippen molar-refractivity contribution >= 4 is 11.6 Å². The molecule has 0 spiro atoms. The van der Waals surface area contributed by atoms with Gasteiger partial charge in [0.15, 0.2) is 0 Å². The van der Waals surface area contributed by atoms with Crippen molar-refractivity contribution in [3.05, 3.63) is 24.0 Å². The fraction of sp³-hybridized carbons (Fsp3) is 0.600. The molecule has 2 rings (SSSR count). The molecular formula is C15H23N3O. The number of nitrogens with zero attached hydrogens (tertiary/aromatic N) is 2. The molecule has 1 fully saturated rings. The lowest BCUT2D eigenvalue weighted by atomic mass is 10.2. The average Bonchev–Trinajstić information content (AvgIpc) is 3.24. The maximum absolute atomic E-state index is 12.7. The van der Waals surface area contributed by atoms with Crippen molar-refractivity contribution in [1.82, 2.24) is 9.88 Å². The molecule has 1 saturated carbocycles. The molecule has 1 amide bonds. The minimum absolute atomic E-state index is 0.125. The van der Waals surface area contributed by atoms with E-state index in [-0.39, 0.29) is 5.91 Å². The van der Waals surface area contributed by atoms with Crippen LogP contribution in [0.1, 0.15) is 49.9 Å². The molecule has 19 heavy (non-hydrogen) atoms. The Hall–Kier alpha value is -1.58. The number of carbonyl (C=O) groups excluding carboxylic acids is 1. The Morgan fingerprint density at radius 2 is 2.26 bits per heavy atom. The molecule has 1 heterocycles. The minimum Gasteiger partial charge on any atom is -0.385 e. The van der Waals surface area contributed by atoms with Crippen LogP contribution in [0.15, 0.2) is 18.5 Å². The van der Waals surface area contributed by atoms with Crippen LogP contribution in [0.3, 0.4) is 0 Å². The van der Waals surface area contributed by atoms with E-state index in [2.05, 4.69) is 17.2 Å². The molecule has 0 radical (unpaired) electrons. The number of hydrogen-bond donors (Lipinski definition) is 1. The largest absolute Gasteiger partial charge is 0.385 e. The van der Waals surface area contributed by atoms with Gasteiger partial charge in [-0.25, -0.2) is 0 Å². The highest BCUT2D eigenvalue weighted by molar-refractivity contribution is 5.99. The Bertz CT molecular complexity index is 429. The average molecular weight is 261 g/mol. The first kappa shape index (κ1) is 13.8. The number of rotatable bonds is 7. The number of nitrogens with one attached hydrogen (secondary N) is 1. The van der Waals surface area contributed by atoms with Crippen molar-refractivity contribution in [1.29, 1.82) is 0 Å². The number of aromatic nitrogens is 1. The van der Waals surface area contributed by atoms with Gasteiger partial charge in [-0.3, -0.25) is 9.78 Å². The van der Waals surface area contributed by atoms with E-state index in [1.54, 1.807) is 12.4 Å². The molecular weight excluding hydrogens is 238 g/mol. The predicted octanol–water partition coefficient (Wildman–Crippen LogP) is 2.92. The van der Waals surface area contributed by atoms with E-state index >= 15 is 0 Å². The predicted molar refractivity (Wildman–Crippen MR) is 77.4 cm³/mol. The van der Waals surface area contributed by atoms with Crippen molar-refractivity contribution in [2.75, 3.05) is 18.4 Å². The molecule has 4 nitrogen and oxygen atoms in total. The van der Waals surface area contributed by atoms with Crippen molar-refractivity contribution in [3.8, 4) is 0 Å². The highest BCUT2D eigenvalue weighted by atomic mass is 16.2. The molecule has 1 aromatic heterocycles. The van der Waals surface area contributed by atoms with Gasteiger partial charge < -0.3 is 10.2 Å². The second-order valence-corrected chi connectivity index (χ2v) is 5.03. The molecule has 0 aliphatic heterocycles. The minimum atomic E-state index is 0.125. The number of amides is 1. The van der Waals surface area contributed by atoms with Crippen LogP contribution < -0.4 is 5.32 Å². The third-order valence-electron chi connectivity index (χ3n) is 3.42. The van der Waals surface area contributed by atoms with E-state index in [4.69, 9.17) is 0 Å². The monoisotopic (exact) mass is 261 g/mol. The first-order chi connectivity index (χ1) is 9.27. The summed E-state index contributed by atoms with van der Waals surface area (Å²) in [5.74, 6) is 0.125. The summed E-state index contributed by atoms with van der Waals surface area (Å²) in [5.41, 5.74) is 1.59. The summed E-state index contributed by atoms with van der Waals surface area (Å²) in [6.45, 7) is 5.86. The van der Waals surface area contributed by atoms with E-state index in [1.165, 1.54) is 0 Å². The van der Waals surface area contributed by atoms with Crippen molar-refractivity contribution in [2.24, 2.45) is 0 Å². The third-order valence-corrected chi connectivity index (χ3v) is 3.42. The van der Waals surface area contributed by atoms with E-state index in [9.17, 15) is 4.79 Å². The van der Waals surface area contributed by atoms with Gasteiger partial charge in [-0.1, -0.05) is 13.3 Å². The molecule has 0 aromatic carbocycles. The first-order valence-electron chi connectivity index (χ1n) is 7.26. The van der Waals surface area contributed by atoms with Crippen LogP contribution in [0.5, 0.6) is 0 Å².